The number of thiazole rings is 1. The Hall–Kier alpha value is -3.07. The van der Waals surface area contributed by atoms with Gasteiger partial charge >= 0.3 is 0 Å². The lowest BCUT2D eigenvalue weighted by molar-refractivity contribution is -0.132. The molecule has 0 radical (unpaired) electrons. The van der Waals surface area contributed by atoms with Crippen LogP contribution in [-0.4, -0.2) is 55.7 Å². The van der Waals surface area contributed by atoms with E-state index in [1.807, 2.05) is 28.5 Å². The fourth-order valence-corrected chi connectivity index (χ4v) is 5.79. The second-order valence-corrected chi connectivity index (χ2v) is 9.04. The maximum absolute atomic E-state index is 13.6. The Bertz CT molecular complexity index is 1040. The maximum Gasteiger partial charge on any atom is 0.276 e. The van der Waals surface area contributed by atoms with Crippen LogP contribution in [0.3, 0.4) is 0 Å². The second kappa shape index (κ2) is 8.22. The van der Waals surface area contributed by atoms with E-state index < -0.39 is 5.41 Å². The first kappa shape index (κ1) is 19.9. The third-order valence-corrected chi connectivity index (χ3v) is 7.22. The molecule has 160 valence electrons. The van der Waals surface area contributed by atoms with Crippen molar-refractivity contribution in [2.75, 3.05) is 6.54 Å². The molecule has 0 aliphatic carbocycles. The molecule has 1 aromatic carbocycles. The van der Waals surface area contributed by atoms with Crippen LogP contribution in [0.15, 0.2) is 47.4 Å². The smallest absolute Gasteiger partial charge is 0.276 e. The zero-order valence-electron chi connectivity index (χ0n) is 17.0. The molecule has 2 aliphatic rings. The van der Waals surface area contributed by atoms with Gasteiger partial charge in [-0.1, -0.05) is 30.3 Å². The van der Waals surface area contributed by atoms with Crippen LogP contribution in [0.1, 0.15) is 41.0 Å². The quantitative estimate of drug-likeness (QED) is 0.591. The summed E-state index contributed by atoms with van der Waals surface area (Å²) in [5, 5.41) is 15.4. The number of hydrogen-bond acceptors (Lipinski definition) is 6. The highest BCUT2D eigenvalue weighted by Crippen LogP contribution is 2.52. The van der Waals surface area contributed by atoms with Crippen molar-refractivity contribution < 1.29 is 9.59 Å². The van der Waals surface area contributed by atoms with Crippen molar-refractivity contribution in [1.29, 1.82) is 0 Å². The number of H-pyrrole nitrogens is 1. The molecule has 2 aromatic heterocycles. The van der Waals surface area contributed by atoms with E-state index in [9.17, 15) is 9.59 Å². The number of benzene rings is 1. The van der Waals surface area contributed by atoms with Crippen molar-refractivity contribution in [1.82, 2.24) is 30.6 Å². The van der Waals surface area contributed by atoms with Crippen LogP contribution >= 0.6 is 11.3 Å². The van der Waals surface area contributed by atoms with Gasteiger partial charge < -0.3 is 10.2 Å². The number of carbonyl (C=O) groups is 2. The summed E-state index contributed by atoms with van der Waals surface area (Å²) in [6.07, 6.45) is 5.12. The second-order valence-electron chi connectivity index (χ2n) is 8.32. The first-order valence-corrected chi connectivity index (χ1v) is 11.5. The van der Waals surface area contributed by atoms with Crippen molar-refractivity contribution in [3.63, 3.8) is 0 Å². The molecular formula is C22H24N6O2S. The molecule has 0 unspecified atom stereocenters. The van der Waals surface area contributed by atoms with Gasteiger partial charge in [0.1, 0.15) is 0 Å². The van der Waals surface area contributed by atoms with Crippen molar-refractivity contribution in [3.8, 4) is 0 Å². The number of nitrogens with one attached hydrogen (secondary N) is 2. The lowest BCUT2D eigenvalue weighted by Crippen LogP contribution is -2.51. The van der Waals surface area contributed by atoms with Crippen LogP contribution in [0.4, 0.5) is 0 Å². The van der Waals surface area contributed by atoms with Crippen molar-refractivity contribution in [2.24, 2.45) is 5.41 Å². The average Bonchev–Trinajstić information content (AvgIpc) is 3.58. The molecule has 4 heterocycles. The minimum Gasteiger partial charge on any atom is -0.355 e. The number of aromatic nitrogens is 4. The molecule has 31 heavy (non-hydrogen) atoms. The van der Waals surface area contributed by atoms with E-state index in [4.69, 9.17) is 0 Å². The number of amides is 2. The highest BCUT2D eigenvalue weighted by Gasteiger charge is 2.61. The lowest BCUT2D eigenvalue weighted by Gasteiger charge is -2.35. The molecule has 2 bridgehead atoms. The number of aromatic amines is 1. The number of hydrogen-bond donors (Lipinski definition) is 2. The minimum atomic E-state index is -0.674. The van der Waals surface area contributed by atoms with Crippen LogP contribution in [-0.2, 0) is 17.6 Å². The fraction of sp³-hybridized carbons (Fsp3) is 0.409. The Kier molecular flexibility index (Phi) is 5.27. The normalized spacial score (nSPS) is 24.5. The highest BCUT2D eigenvalue weighted by atomic mass is 32.1. The van der Waals surface area contributed by atoms with Crippen LogP contribution < -0.4 is 5.32 Å². The highest BCUT2D eigenvalue weighted by molar-refractivity contribution is 7.07. The molecule has 9 heteroatoms. The van der Waals surface area contributed by atoms with Gasteiger partial charge in [-0.15, -0.1) is 11.3 Å². The maximum atomic E-state index is 13.6. The number of carbonyl (C=O) groups excluding carboxylic acids is 2. The largest absolute Gasteiger partial charge is 0.355 e. The third kappa shape index (κ3) is 3.63. The predicted molar refractivity (Wildman–Crippen MR) is 115 cm³/mol. The molecule has 5 rings (SSSR count). The molecule has 3 aromatic rings. The zero-order chi connectivity index (χ0) is 21.3. The van der Waals surface area contributed by atoms with Gasteiger partial charge in [0, 0.05) is 30.4 Å². The van der Waals surface area contributed by atoms with Gasteiger partial charge in [-0.2, -0.15) is 15.4 Å². The van der Waals surface area contributed by atoms with E-state index in [1.165, 1.54) is 23.1 Å². The summed E-state index contributed by atoms with van der Waals surface area (Å²) >= 11 is 1.53. The van der Waals surface area contributed by atoms with Gasteiger partial charge in [-0.05, 0) is 31.2 Å². The summed E-state index contributed by atoms with van der Waals surface area (Å²) in [7, 11) is 0. The molecule has 2 amide bonds. The zero-order valence-corrected chi connectivity index (χ0v) is 17.8. The summed E-state index contributed by atoms with van der Waals surface area (Å²) in [6, 6.07) is 9.99. The molecule has 2 aliphatic heterocycles. The SMILES string of the molecule is O=C(c1cn[nH]n1)N1[C@@H]2CC[C@H]1[C@@](Cc1cscn1)(C(=O)NCCc1ccccc1)C2. The van der Waals surface area contributed by atoms with Crippen molar-refractivity contribution >= 4 is 23.2 Å². The summed E-state index contributed by atoms with van der Waals surface area (Å²) in [5.41, 5.74) is 3.51. The lowest BCUT2D eigenvalue weighted by atomic mass is 9.70. The Balaban J connectivity index is 1.38. The van der Waals surface area contributed by atoms with E-state index >= 15 is 0 Å². The molecule has 8 nitrogen and oxygen atoms in total. The molecule has 2 fully saturated rings. The number of fused-ring (bicyclic) bond motifs is 2. The standard InChI is InChI=1S/C22H24N6O2S/c29-20(18-12-25-27-26-18)28-17-6-7-19(28)22(11-17,10-16-13-31-14-24-16)21(30)23-9-8-15-4-2-1-3-5-15/h1-5,12-14,17,19H,6-11H2,(H,23,30)(H,25,26,27)/t17-,19+,22+/m1/s1. The summed E-state index contributed by atoms with van der Waals surface area (Å²) in [6.45, 7) is 0.566. The minimum absolute atomic E-state index is 0.0154. The number of nitrogens with zero attached hydrogens (tertiary/aromatic N) is 4. The van der Waals surface area contributed by atoms with Gasteiger partial charge in [-0.3, -0.25) is 9.59 Å². The number of rotatable bonds is 7. The van der Waals surface area contributed by atoms with E-state index in [1.54, 1.807) is 5.51 Å². The molecule has 2 saturated heterocycles. The van der Waals surface area contributed by atoms with E-state index in [0.717, 1.165) is 25.0 Å². The third-order valence-electron chi connectivity index (χ3n) is 6.58. The van der Waals surface area contributed by atoms with Gasteiger partial charge in [0.05, 0.1) is 22.8 Å². The molecule has 3 atom stereocenters. The van der Waals surface area contributed by atoms with Crippen LogP contribution in [0, 0.1) is 5.41 Å². The Morgan fingerprint density at radius 2 is 2.13 bits per heavy atom. The van der Waals surface area contributed by atoms with E-state index in [2.05, 4.69) is 37.8 Å². The summed E-state index contributed by atoms with van der Waals surface area (Å²) < 4.78 is 0. The molecule has 0 spiro atoms. The average molecular weight is 437 g/mol. The monoisotopic (exact) mass is 436 g/mol. The van der Waals surface area contributed by atoms with E-state index in [0.29, 0.717) is 25.1 Å². The van der Waals surface area contributed by atoms with Crippen molar-refractivity contribution in [3.05, 3.63) is 64.4 Å². The topological polar surface area (TPSA) is 104 Å². The molecule has 2 N–H and O–H groups in total. The van der Waals surface area contributed by atoms with Gasteiger partial charge in [0.25, 0.3) is 5.91 Å². The van der Waals surface area contributed by atoms with Gasteiger partial charge in [0.2, 0.25) is 5.91 Å². The fourth-order valence-electron chi connectivity index (χ4n) is 5.23. The van der Waals surface area contributed by atoms with Crippen LogP contribution in [0.2, 0.25) is 0 Å². The Morgan fingerprint density at radius 1 is 1.26 bits per heavy atom. The first-order valence-electron chi connectivity index (χ1n) is 10.5. The van der Waals surface area contributed by atoms with Crippen LogP contribution in [0.25, 0.3) is 0 Å². The van der Waals surface area contributed by atoms with Gasteiger partial charge in [0.15, 0.2) is 5.69 Å². The molecular weight excluding hydrogens is 412 g/mol. The Labute approximate surface area is 184 Å². The van der Waals surface area contributed by atoms with Crippen molar-refractivity contribution in [2.45, 2.75) is 44.2 Å². The Morgan fingerprint density at radius 3 is 2.87 bits per heavy atom. The van der Waals surface area contributed by atoms with Crippen LogP contribution in [0.5, 0.6) is 0 Å². The van der Waals surface area contributed by atoms with E-state index in [-0.39, 0.29) is 23.9 Å². The predicted octanol–water partition coefficient (Wildman–Crippen LogP) is 2.23. The molecule has 0 saturated carbocycles. The summed E-state index contributed by atoms with van der Waals surface area (Å²) in [4.78, 5) is 33.1. The first-order chi connectivity index (χ1) is 15.2. The summed E-state index contributed by atoms with van der Waals surface area (Å²) in [5.74, 6) is -0.139. The van der Waals surface area contributed by atoms with Gasteiger partial charge in [-0.25, -0.2) is 4.98 Å².